The lowest BCUT2D eigenvalue weighted by molar-refractivity contribution is -0.117. The van der Waals surface area contributed by atoms with E-state index in [-0.39, 0.29) is 5.82 Å². The van der Waals surface area contributed by atoms with E-state index in [2.05, 4.69) is 9.97 Å². The number of hydrogen-bond acceptors (Lipinski definition) is 6. The minimum atomic E-state index is -1.67. The highest BCUT2D eigenvalue weighted by Gasteiger charge is 2.32. The van der Waals surface area contributed by atoms with E-state index in [9.17, 15) is 20.4 Å². The number of fused-ring (bicyclic) bond motifs is 1. The van der Waals surface area contributed by atoms with Gasteiger partial charge in [-0.05, 0) is 12.1 Å². The lowest BCUT2D eigenvalue weighted by atomic mass is 10.0. The van der Waals surface area contributed by atoms with E-state index >= 15 is 0 Å². The molecule has 0 saturated heterocycles. The average Bonchev–Trinajstić information content (AvgIpc) is 2.87. The van der Waals surface area contributed by atoms with Crippen molar-refractivity contribution >= 4 is 11.0 Å². The number of benzene rings is 1. The van der Waals surface area contributed by atoms with E-state index in [1.54, 1.807) is 24.3 Å². The predicted molar refractivity (Wildman–Crippen MR) is 66.2 cm³/mol. The van der Waals surface area contributed by atoms with E-state index in [1.807, 2.05) is 0 Å². The topological polar surface area (TPSA) is 130 Å². The van der Waals surface area contributed by atoms with Gasteiger partial charge in [0, 0.05) is 0 Å². The number of rotatable bonds is 5. The molecule has 2 aromatic rings. The van der Waals surface area contributed by atoms with Crippen LogP contribution in [0.2, 0.25) is 0 Å². The fraction of sp³-hybridized carbons (Fsp3) is 0.417. The summed E-state index contributed by atoms with van der Waals surface area (Å²) in [6.07, 6.45) is -6.37. The maximum Gasteiger partial charge on any atom is 0.140 e. The van der Waals surface area contributed by atoms with Crippen LogP contribution in [0, 0.1) is 0 Å². The molecule has 2 rings (SSSR count). The average molecular weight is 268 g/mol. The van der Waals surface area contributed by atoms with Gasteiger partial charge in [-0.2, -0.15) is 0 Å². The summed E-state index contributed by atoms with van der Waals surface area (Å²) in [7, 11) is 0. The summed E-state index contributed by atoms with van der Waals surface area (Å²) in [5, 5.41) is 47.1. The third-order valence-corrected chi connectivity index (χ3v) is 2.94. The van der Waals surface area contributed by atoms with Gasteiger partial charge < -0.3 is 30.5 Å². The Morgan fingerprint density at radius 1 is 1.05 bits per heavy atom. The van der Waals surface area contributed by atoms with Crippen molar-refractivity contribution in [2.24, 2.45) is 0 Å². The number of hydrogen-bond donors (Lipinski definition) is 6. The van der Waals surface area contributed by atoms with E-state index in [4.69, 9.17) is 5.11 Å². The van der Waals surface area contributed by atoms with Crippen molar-refractivity contribution < 1.29 is 25.5 Å². The molecule has 0 aliphatic heterocycles. The summed E-state index contributed by atoms with van der Waals surface area (Å²) in [6.45, 7) is -0.717. The Bertz CT molecular complexity index is 511. The van der Waals surface area contributed by atoms with Gasteiger partial charge in [0.05, 0.1) is 17.6 Å². The van der Waals surface area contributed by atoms with Gasteiger partial charge in [0.1, 0.15) is 30.2 Å². The molecule has 0 aliphatic carbocycles. The highest BCUT2D eigenvalue weighted by molar-refractivity contribution is 5.74. The fourth-order valence-corrected chi connectivity index (χ4v) is 1.80. The Morgan fingerprint density at radius 3 is 2.37 bits per heavy atom. The van der Waals surface area contributed by atoms with E-state index in [1.165, 1.54) is 0 Å². The molecule has 0 spiro atoms. The molecule has 7 heteroatoms. The van der Waals surface area contributed by atoms with Crippen LogP contribution in [0.5, 0.6) is 0 Å². The van der Waals surface area contributed by atoms with Gasteiger partial charge in [-0.1, -0.05) is 12.1 Å². The SMILES string of the molecule is OC[C@@H](O)[C@H](O)[C@@H](O)[C@@H](O)c1nc2ccccc2[nH]1. The second kappa shape index (κ2) is 5.64. The molecular formula is C12H16N2O5. The number of nitrogens with one attached hydrogen (secondary N) is 1. The lowest BCUT2D eigenvalue weighted by Gasteiger charge is -2.24. The highest BCUT2D eigenvalue weighted by atomic mass is 16.4. The number of para-hydroxylation sites is 2. The lowest BCUT2D eigenvalue weighted by Crippen LogP contribution is -2.42. The van der Waals surface area contributed by atoms with Crippen LogP contribution in [-0.4, -0.2) is 60.4 Å². The Balaban J connectivity index is 2.20. The zero-order valence-electron chi connectivity index (χ0n) is 10.0. The highest BCUT2D eigenvalue weighted by Crippen LogP contribution is 2.21. The van der Waals surface area contributed by atoms with Crippen molar-refractivity contribution in [1.82, 2.24) is 9.97 Å². The molecule has 19 heavy (non-hydrogen) atoms. The molecule has 1 aromatic carbocycles. The molecular weight excluding hydrogens is 252 g/mol. The molecule has 0 bridgehead atoms. The first-order valence-electron chi connectivity index (χ1n) is 5.82. The fourth-order valence-electron chi connectivity index (χ4n) is 1.80. The van der Waals surface area contributed by atoms with Crippen molar-refractivity contribution in [3.8, 4) is 0 Å². The van der Waals surface area contributed by atoms with E-state index < -0.39 is 31.0 Å². The number of nitrogens with zero attached hydrogens (tertiary/aromatic N) is 1. The van der Waals surface area contributed by atoms with Crippen LogP contribution in [0.15, 0.2) is 24.3 Å². The molecule has 7 nitrogen and oxygen atoms in total. The molecule has 6 N–H and O–H groups in total. The molecule has 0 unspecified atom stereocenters. The van der Waals surface area contributed by atoms with Crippen LogP contribution < -0.4 is 0 Å². The Labute approximate surface area is 108 Å². The maximum atomic E-state index is 9.91. The van der Waals surface area contributed by atoms with E-state index in [0.717, 1.165) is 0 Å². The van der Waals surface area contributed by atoms with Crippen molar-refractivity contribution in [3.05, 3.63) is 30.1 Å². The van der Waals surface area contributed by atoms with Crippen LogP contribution in [0.4, 0.5) is 0 Å². The molecule has 0 saturated carbocycles. The summed E-state index contributed by atoms with van der Waals surface area (Å²) in [6, 6.07) is 7.05. The van der Waals surface area contributed by atoms with Crippen molar-refractivity contribution in [2.45, 2.75) is 24.4 Å². The summed E-state index contributed by atoms with van der Waals surface area (Å²) < 4.78 is 0. The Hall–Kier alpha value is -1.51. The van der Waals surface area contributed by atoms with Crippen molar-refractivity contribution in [2.75, 3.05) is 6.61 Å². The zero-order valence-corrected chi connectivity index (χ0v) is 10.0. The van der Waals surface area contributed by atoms with Crippen LogP contribution in [-0.2, 0) is 0 Å². The monoisotopic (exact) mass is 268 g/mol. The first-order chi connectivity index (χ1) is 9.04. The normalized spacial score (nSPS) is 18.2. The molecule has 0 aliphatic rings. The van der Waals surface area contributed by atoms with Crippen LogP contribution in [0.3, 0.4) is 0 Å². The number of aromatic amines is 1. The van der Waals surface area contributed by atoms with Crippen LogP contribution in [0.1, 0.15) is 11.9 Å². The largest absolute Gasteiger partial charge is 0.394 e. The van der Waals surface area contributed by atoms with Gasteiger partial charge in [-0.3, -0.25) is 0 Å². The number of imidazole rings is 1. The van der Waals surface area contributed by atoms with E-state index in [0.29, 0.717) is 11.0 Å². The number of aliphatic hydroxyl groups is 5. The first kappa shape index (κ1) is 13.9. The van der Waals surface area contributed by atoms with Gasteiger partial charge in [-0.15, -0.1) is 0 Å². The smallest absolute Gasteiger partial charge is 0.140 e. The summed E-state index contributed by atoms with van der Waals surface area (Å²) >= 11 is 0. The van der Waals surface area contributed by atoms with Crippen LogP contribution in [0.25, 0.3) is 11.0 Å². The predicted octanol–water partition coefficient (Wildman–Crippen LogP) is -1.33. The summed E-state index contributed by atoms with van der Waals surface area (Å²) in [5.74, 6) is 0.0814. The maximum absolute atomic E-state index is 9.91. The first-order valence-corrected chi connectivity index (χ1v) is 5.82. The van der Waals surface area contributed by atoms with Gasteiger partial charge in [0.2, 0.25) is 0 Å². The Kier molecular flexibility index (Phi) is 4.13. The quantitative estimate of drug-likeness (QED) is 0.398. The van der Waals surface area contributed by atoms with Crippen molar-refractivity contribution in [1.29, 1.82) is 0 Å². The second-order valence-corrected chi connectivity index (χ2v) is 4.32. The third kappa shape index (κ3) is 2.75. The zero-order chi connectivity index (χ0) is 14.0. The third-order valence-electron chi connectivity index (χ3n) is 2.94. The molecule has 4 atom stereocenters. The van der Waals surface area contributed by atoms with Gasteiger partial charge in [0.25, 0.3) is 0 Å². The molecule has 1 aromatic heterocycles. The molecule has 0 amide bonds. The minimum absolute atomic E-state index is 0.0814. The van der Waals surface area contributed by atoms with Crippen molar-refractivity contribution in [3.63, 3.8) is 0 Å². The standard InChI is InChI=1S/C12H16N2O5/c15-5-8(16)9(17)10(18)11(19)12-13-6-3-1-2-4-7(6)14-12/h1-4,8-11,15-19H,5H2,(H,13,14)/t8-,9+,10-,11-/m1/s1. The molecule has 0 radical (unpaired) electrons. The molecule has 104 valence electrons. The van der Waals surface area contributed by atoms with Gasteiger partial charge in [0.15, 0.2) is 0 Å². The molecule has 0 fully saturated rings. The van der Waals surface area contributed by atoms with Gasteiger partial charge >= 0.3 is 0 Å². The Morgan fingerprint density at radius 2 is 1.74 bits per heavy atom. The number of aliphatic hydroxyl groups excluding tert-OH is 5. The number of aromatic nitrogens is 2. The second-order valence-electron chi connectivity index (χ2n) is 4.32. The minimum Gasteiger partial charge on any atom is -0.394 e. The van der Waals surface area contributed by atoms with Gasteiger partial charge in [-0.25, -0.2) is 4.98 Å². The summed E-state index contributed by atoms with van der Waals surface area (Å²) in [4.78, 5) is 6.89. The number of H-pyrrole nitrogens is 1. The summed E-state index contributed by atoms with van der Waals surface area (Å²) in [5.41, 5.74) is 1.29. The molecule has 1 heterocycles. The van der Waals surface area contributed by atoms with Crippen LogP contribution >= 0.6 is 0 Å².